The SMILES string of the molecule is O=C1Nc2c(Cl)cc3cc(C(=O)N4CCN(C5C=CC=CN5)CC4)oc3c2C2(CCCCC2)N1. The Morgan fingerprint density at radius 1 is 1.09 bits per heavy atom. The second-order valence-corrected chi connectivity index (χ2v) is 9.95. The molecule has 2 fully saturated rings. The van der Waals surface area contributed by atoms with E-state index in [0.717, 1.165) is 56.1 Å². The number of dihydropyridines is 1. The molecule has 0 bridgehead atoms. The molecule has 1 aromatic carbocycles. The van der Waals surface area contributed by atoms with Crippen LogP contribution in [-0.2, 0) is 5.54 Å². The van der Waals surface area contributed by atoms with Crippen LogP contribution in [-0.4, -0.2) is 54.1 Å². The number of hydrogen-bond acceptors (Lipinski definition) is 5. The van der Waals surface area contributed by atoms with Crippen molar-refractivity contribution in [3.8, 4) is 0 Å². The van der Waals surface area contributed by atoms with Gasteiger partial charge in [-0.2, -0.15) is 0 Å². The zero-order chi connectivity index (χ0) is 23.3. The number of rotatable bonds is 2. The van der Waals surface area contributed by atoms with E-state index in [1.807, 2.05) is 23.3 Å². The zero-order valence-corrected chi connectivity index (χ0v) is 19.7. The Morgan fingerprint density at radius 2 is 1.88 bits per heavy atom. The Bertz CT molecular complexity index is 1200. The molecule has 4 aliphatic rings. The molecule has 178 valence electrons. The van der Waals surface area contributed by atoms with Gasteiger partial charge in [-0.05, 0) is 43.3 Å². The smallest absolute Gasteiger partial charge is 0.319 e. The van der Waals surface area contributed by atoms with Crippen molar-refractivity contribution >= 4 is 40.2 Å². The number of halogens is 1. The minimum atomic E-state index is -0.516. The number of furan rings is 1. The number of urea groups is 1. The van der Waals surface area contributed by atoms with Gasteiger partial charge in [0, 0.05) is 37.1 Å². The fourth-order valence-corrected chi connectivity index (χ4v) is 6.07. The average Bonchev–Trinajstić information content (AvgIpc) is 3.28. The number of carbonyl (C=O) groups is 2. The van der Waals surface area contributed by atoms with E-state index in [2.05, 4.69) is 26.9 Å². The Kier molecular flexibility index (Phi) is 5.30. The molecule has 34 heavy (non-hydrogen) atoms. The summed E-state index contributed by atoms with van der Waals surface area (Å²) in [4.78, 5) is 30.0. The standard InChI is InChI=1S/C25H28ClN5O3/c26-17-14-16-15-18(23(32)31-12-10-30(11-13-31)19-6-2-5-9-27-19)34-22(16)20-21(17)28-24(33)29-25(20)7-3-1-4-8-25/h2,5-6,9,14-15,19,27H,1,3-4,7-8,10-13H2,(H2,28,29,33). The summed E-state index contributed by atoms with van der Waals surface area (Å²) < 4.78 is 6.26. The maximum Gasteiger partial charge on any atom is 0.319 e. The van der Waals surface area contributed by atoms with Crippen LogP contribution in [0.2, 0.25) is 5.02 Å². The van der Waals surface area contributed by atoms with Crippen LogP contribution >= 0.6 is 11.6 Å². The van der Waals surface area contributed by atoms with Crippen molar-refractivity contribution in [1.29, 1.82) is 0 Å². The van der Waals surface area contributed by atoms with Crippen molar-refractivity contribution in [1.82, 2.24) is 20.4 Å². The second kappa shape index (κ2) is 8.36. The number of nitrogens with one attached hydrogen (secondary N) is 3. The molecule has 9 heteroatoms. The first-order valence-electron chi connectivity index (χ1n) is 12.0. The van der Waals surface area contributed by atoms with Crippen molar-refractivity contribution in [2.45, 2.75) is 43.8 Å². The number of benzene rings is 1. The van der Waals surface area contributed by atoms with Crippen LogP contribution in [0.3, 0.4) is 0 Å². The maximum atomic E-state index is 13.4. The van der Waals surface area contributed by atoms with Crippen LogP contribution < -0.4 is 16.0 Å². The largest absolute Gasteiger partial charge is 0.450 e. The van der Waals surface area contributed by atoms with Crippen LogP contribution in [0.25, 0.3) is 11.0 Å². The van der Waals surface area contributed by atoms with Crippen molar-refractivity contribution < 1.29 is 14.0 Å². The summed E-state index contributed by atoms with van der Waals surface area (Å²) in [6.45, 7) is 2.82. The quantitative estimate of drug-likeness (QED) is 0.600. The highest BCUT2D eigenvalue weighted by Crippen LogP contribution is 2.49. The van der Waals surface area contributed by atoms with Crippen molar-refractivity contribution in [2.24, 2.45) is 0 Å². The molecule has 0 radical (unpaired) electrons. The number of carbonyl (C=O) groups excluding carboxylic acids is 2. The lowest BCUT2D eigenvalue weighted by molar-refractivity contribution is 0.0560. The van der Waals surface area contributed by atoms with Gasteiger partial charge in [0.2, 0.25) is 0 Å². The lowest BCUT2D eigenvalue weighted by Gasteiger charge is -2.42. The number of fused-ring (bicyclic) bond motifs is 4. The average molecular weight is 482 g/mol. The van der Waals surface area contributed by atoms with Crippen LogP contribution in [0.5, 0.6) is 0 Å². The summed E-state index contributed by atoms with van der Waals surface area (Å²) in [5.41, 5.74) is 1.60. The number of amides is 3. The highest BCUT2D eigenvalue weighted by atomic mass is 35.5. The van der Waals surface area contributed by atoms with E-state index in [0.29, 0.717) is 35.1 Å². The Balaban J connectivity index is 1.29. The van der Waals surface area contributed by atoms with E-state index >= 15 is 0 Å². The summed E-state index contributed by atoms with van der Waals surface area (Å²) in [6, 6.07) is 3.33. The third-order valence-corrected chi connectivity index (χ3v) is 7.81. The molecule has 1 unspecified atom stereocenters. The molecule has 8 nitrogen and oxygen atoms in total. The Morgan fingerprint density at radius 3 is 2.62 bits per heavy atom. The number of anilines is 1. The van der Waals surface area contributed by atoms with Gasteiger partial charge in [0.15, 0.2) is 5.76 Å². The van der Waals surface area contributed by atoms with E-state index in [1.165, 1.54) is 0 Å². The molecule has 3 amide bonds. The van der Waals surface area contributed by atoms with Gasteiger partial charge in [-0.3, -0.25) is 9.69 Å². The number of hydrogen-bond donors (Lipinski definition) is 3. The molecule has 3 aliphatic heterocycles. The van der Waals surface area contributed by atoms with E-state index in [4.69, 9.17) is 16.0 Å². The van der Waals surface area contributed by atoms with Crippen LogP contribution in [0.1, 0.15) is 48.2 Å². The van der Waals surface area contributed by atoms with Crippen LogP contribution in [0.15, 0.2) is 41.0 Å². The summed E-state index contributed by atoms with van der Waals surface area (Å²) in [7, 11) is 0. The zero-order valence-electron chi connectivity index (χ0n) is 18.9. The second-order valence-electron chi connectivity index (χ2n) is 9.54. The molecule has 4 heterocycles. The fraction of sp³-hybridized carbons (Fsp3) is 0.440. The van der Waals surface area contributed by atoms with E-state index in [-0.39, 0.29) is 18.1 Å². The molecule has 1 saturated heterocycles. The summed E-state index contributed by atoms with van der Waals surface area (Å²) >= 11 is 6.62. The van der Waals surface area contributed by atoms with Crippen LogP contribution in [0.4, 0.5) is 10.5 Å². The third kappa shape index (κ3) is 3.56. The van der Waals surface area contributed by atoms with Crippen molar-refractivity contribution in [3.05, 3.63) is 52.9 Å². The minimum Gasteiger partial charge on any atom is -0.450 e. The van der Waals surface area contributed by atoms with E-state index in [1.54, 1.807) is 12.1 Å². The molecule has 1 spiro atoms. The summed E-state index contributed by atoms with van der Waals surface area (Å²) in [5.74, 6) is 0.202. The van der Waals surface area contributed by atoms with Gasteiger partial charge in [-0.1, -0.05) is 36.9 Å². The monoisotopic (exact) mass is 481 g/mol. The lowest BCUT2D eigenvalue weighted by Crippen LogP contribution is -2.54. The first-order chi connectivity index (χ1) is 16.5. The van der Waals surface area contributed by atoms with Gasteiger partial charge in [0.1, 0.15) is 5.58 Å². The molecule has 1 aromatic heterocycles. The Labute approximate surface area is 203 Å². The predicted molar refractivity (Wildman–Crippen MR) is 131 cm³/mol. The Hall–Kier alpha value is -2.97. The van der Waals surface area contributed by atoms with Gasteiger partial charge >= 0.3 is 6.03 Å². The van der Waals surface area contributed by atoms with Gasteiger partial charge in [0.25, 0.3) is 5.91 Å². The minimum absolute atomic E-state index is 0.113. The molecule has 1 aliphatic carbocycles. The molecule has 1 saturated carbocycles. The third-order valence-electron chi connectivity index (χ3n) is 7.51. The number of nitrogens with zero attached hydrogens (tertiary/aromatic N) is 2. The van der Waals surface area contributed by atoms with Crippen LogP contribution in [0, 0.1) is 0 Å². The predicted octanol–water partition coefficient (Wildman–Crippen LogP) is 4.14. The normalized spacial score (nSPS) is 24.0. The topological polar surface area (TPSA) is 89.9 Å². The first-order valence-corrected chi connectivity index (χ1v) is 12.4. The fourth-order valence-electron chi connectivity index (χ4n) is 5.81. The first kappa shape index (κ1) is 21.6. The van der Waals surface area contributed by atoms with Gasteiger partial charge < -0.3 is 25.3 Å². The lowest BCUT2D eigenvalue weighted by atomic mass is 9.74. The van der Waals surface area contributed by atoms with Gasteiger partial charge in [-0.25, -0.2) is 4.79 Å². The molecule has 3 N–H and O–H groups in total. The molecular formula is C25H28ClN5O3. The molecular weight excluding hydrogens is 454 g/mol. The number of allylic oxidation sites excluding steroid dienone is 2. The highest BCUT2D eigenvalue weighted by molar-refractivity contribution is 6.35. The molecule has 6 rings (SSSR count). The maximum absolute atomic E-state index is 13.4. The summed E-state index contributed by atoms with van der Waals surface area (Å²) in [5, 5.41) is 10.6. The van der Waals surface area contributed by atoms with Gasteiger partial charge in [-0.15, -0.1) is 0 Å². The number of piperazine rings is 1. The van der Waals surface area contributed by atoms with Crippen molar-refractivity contribution in [3.63, 3.8) is 0 Å². The summed E-state index contributed by atoms with van der Waals surface area (Å²) in [6.07, 6.45) is 13.1. The molecule has 1 atom stereocenters. The molecule has 2 aromatic rings. The van der Waals surface area contributed by atoms with E-state index in [9.17, 15) is 9.59 Å². The highest BCUT2D eigenvalue weighted by Gasteiger charge is 2.44. The van der Waals surface area contributed by atoms with Crippen molar-refractivity contribution in [2.75, 3.05) is 31.5 Å². The van der Waals surface area contributed by atoms with E-state index < -0.39 is 5.54 Å². The van der Waals surface area contributed by atoms with Gasteiger partial charge in [0.05, 0.1) is 22.4 Å².